The maximum absolute atomic E-state index is 5.18. The normalized spacial score (nSPS) is 24.5. The lowest BCUT2D eigenvalue weighted by Gasteiger charge is -2.29. The number of hydrogen-bond acceptors (Lipinski definition) is 3. The Bertz CT molecular complexity index is 369. The molecular weight excluding hydrogens is 248 g/mol. The van der Waals surface area contributed by atoms with Gasteiger partial charge in [0.25, 0.3) is 0 Å². The number of hydrogen-bond donors (Lipinski definition) is 1. The summed E-state index contributed by atoms with van der Waals surface area (Å²) in [6.45, 7) is 6.61. The Hall–Kier alpha value is -0.900. The molecule has 0 spiro atoms. The minimum Gasteiger partial charge on any atom is -0.385 e. The SMILES string of the molecule is COCCCN1CC(Cc2ccccc2)NCCC1C. The number of benzene rings is 1. The van der Waals surface area contributed by atoms with Crippen molar-refractivity contribution in [3.05, 3.63) is 35.9 Å². The van der Waals surface area contributed by atoms with E-state index >= 15 is 0 Å². The molecule has 1 aliphatic rings. The zero-order valence-electron chi connectivity index (χ0n) is 12.8. The third-order valence-corrected chi connectivity index (χ3v) is 4.19. The van der Waals surface area contributed by atoms with Crippen molar-refractivity contribution in [3.8, 4) is 0 Å². The Morgan fingerprint density at radius 2 is 2.10 bits per heavy atom. The minimum atomic E-state index is 0.560. The van der Waals surface area contributed by atoms with Crippen molar-refractivity contribution in [3.63, 3.8) is 0 Å². The van der Waals surface area contributed by atoms with Gasteiger partial charge in [0.05, 0.1) is 0 Å². The third-order valence-electron chi connectivity index (χ3n) is 4.19. The van der Waals surface area contributed by atoms with E-state index in [-0.39, 0.29) is 0 Å². The van der Waals surface area contributed by atoms with Gasteiger partial charge in [-0.05, 0) is 38.3 Å². The number of methoxy groups -OCH3 is 1. The Morgan fingerprint density at radius 3 is 2.85 bits per heavy atom. The van der Waals surface area contributed by atoms with Crippen LogP contribution in [-0.4, -0.2) is 50.3 Å². The Balaban J connectivity index is 1.89. The summed E-state index contributed by atoms with van der Waals surface area (Å²) in [4.78, 5) is 2.62. The molecule has 2 unspecified atom stereocenters. The van der Waals surface area contributed by atoms with Crippen LogP contribution in [-0.2, 0) is 11.2 Å². The summed E-state index contributed by atoms with van der Waals surface area (Å²) in [5, 5.41) is 3.71. The number of nitrogens with one attached hydrogen (secondary N) is 1. The molecule has 0 amide bonds. The maximum Gasteiger partial charge on any atom is 0.0474 e. The molecule has 2 rings (SSSR count). The predicted octanol–water partition coefficient (Wildman–Crippen LogP) is 2.32. The van der Waals surface area contributed by atoms with E-state index in [2.05, 4.69) is 47.5 Å². The van der Waals surface area contributed by atoms with Crippen molar-refractivity contribution in [1.29, 1.82) is 0 Å². The largest absolute Gasteiger partial charge is 0.385 e. The van der Waals surface area contributed by atoms with Crippen LogP contribution in [0.15, 0.2) is 30.3 Å². The van der Waals surface area contributed by atoms with Crippen LogP contribution in [0, 0.1) is 0 Å². The first-order valence-corrected chi connectivity index (χ1v) is 7.80. The van der Waals surface area contributed by atoms with E-state index in [1.807, 2.05) is 0 Å². The first-order valence-electron chi connectivity index (χ1n) is 7.80. The summed E-state index contributed by atoms with van der Waals surface area (Å²) < 4.78 is 5.18. The van der Waals surface area contributed by atoms with Crippen molar-refractivity contribution in [2.45, 2.75) is 38.3 Å². The van der Waals surface area contributed by atoms with E-state index in [0.29, 0.717) is 12.1 Å². The topological polar surface area (TPSA) is 24.5 Å². The van der Waals surface area contributed by atoms with Gasteiger partial charge in [-0.3, -0.25) is 4.90 Å². The highest BCUT2D eigenvalue weighted by molar-refractivity contribution is 5.16. The zero-order valence-corrected chi connectivity index (χ0v) is 12.8. The predicted molar refractivity (Wildman–Crippen MR) is 84.1 cm³/mol. The van der Waals surface area contributed by atoms with Gasteiger partial charge in [0.2, 0.25) is 0 Å². The van der Waals surface area contributed by atoms with Crippen molar-refractivity contribution in [2.24, 2.45) is 0 Å². The highest BCUT2D eigenvalue weighted by atomic mass is 16.5. The van der Waals surface area contributed by atoms with E-state index < -0.39 is 0 Å². The molecule has 1 heterocycles. The van der Waals surface area contributed by atoms with Crippen molar-refractivity contribution in [1.82, 2.24) is 10.2 Å². The van der Waals surface area contributed by atoms with Gasteiger partial charge in [-0.15, -0.1) is 0 Å². The number of nitrogens with zero attached hydrogens (tertiary/aromatic N) is 1. The van der Waals surface area contributed by atoms with Crippen molar-refractivity contribution < 1.29 is 4.74 Å². The second-order valence-electron chi connectivity index (χ2n) is 5.82. The van der Waals surface area contributed by atoms with E-state index in [9.17, 15) is 0 Å². The van der Waals surface area contributed by atoms with Gasteiger partial charge in [0, 0.05) is 38.9 Å². The summed E-state index contributed by atoms with van der Waals surface area (Å²) in [6.07, 6.45) is 3.48. The lowest BCUT2D eigenvalue weighted by atomic mass is 10.1. The van der Waals surface area contributed by atoms with Gasteiger partial charge < -0.3 is 10.1 Å². The molecule has 1 aromatic carbocycles. The van der Waals surface area contributed by atoms with Crippen LogP contribution in [0.4, 0.5) is 0 Å². The van der Waals surface area contributed by atoms with Gasteiger partial charge >= 0.3 is 0 Å². The molecule has 3 heteroatoms. The lowest BCUT2D eigenvalue weighted by molar-refractivity contribution is 0.152. The van der Waals surface area contributed by atoms with Crippen LogP contribution in [0.1, 0.15) is 25.3 Å². The highest BCUT2D eigenvalue weighted by Crippen LogP contribution is 2.13. The molecule has 2 atom stereocenters. The van der Waals surface area contributed by atoms with E-state index in [0.717, 1.165) is 39.1 Å². The third kappa shape index (κ3) is 4.89. The van der Waals surface area contributed by atoms with Gasteiger partial charge in [0.1, 0.15) is 0 Å². The molecule has 1 saturated heterocycles. The van der Waals surface area contributed by atoms with Gasteiger partial charge in [-0.25, -0.2) is 0 Å². The highest BCUT2D eigenvalue weighted by Gasteiger charge is 2.22. The fourth-order valence-electron chi connectivity index (χ4n) is 2.97. The maximum atomic E-state index is 5.18. The van der Waals surface area contributed by atoms with Gasteiger partial charge in [0.15, 0.2) is 0 Å². The lowest BCUT2D eigenvalue weighted by Crippen LogP contribution is -2.41. The average Bonchev–Trinajstić information content (AvgIpc) is 2.63. The molecule has 0 aliphatic carbocycles. The smallest absolute Gasteiger partial charge is 0.0474 e. The van der Waals surface area contributed by atoms with Crippen LogP contribution in [0.2, 0.25) is 0 Å². The molecule has 0 aromatic heterocycles. The van der Waals surface area contributed by atoms with Crippen LogP contribution in [0.25, 0.3) is 0 Å². The molecular formula is C17H28N2O. The van der Waals surface area contributed by atoms with E-state index in [1.165, 1.54) is 12.0 Å². The summed E-state index contributed by atoms with van der Waals surface area (Å²) in [5.74, 6) is 0. The number of rotatable bonds is 6. The van der Waals surface area contributed by atoms with Crippen molar-refractivity contribution >= 4 is 0 Å². The molecule has 1 N–H and O–H groups in total. The van der Waals surface area contributed by atoms with Gasteiger partial charge in [-0.1, -0.05) is 30.3 Å². The molecule has 1 fully saturated rings. The van der Waals surface area contributed by atoms with Crippen molar-refractivity contribution in [2.75, 3.05) is 33.4 Å². The summed E-state index contributed by atoms with van der Waals surface area (Å²) in [5.41, 5.74) is 1.43. The average molecular weight is 276 g/mol. The molecule has 1 aliphatic heterocycles. The first-order chi connectivity index (χ1) is 9.79. The Morgan fingerprint density at radius 1 is 1.30 bits per heavy atom. The van der Waals surface area contributed by atoms with E-state index in [1.54, 1.807) is 7.11 Å². The summed E-state index contributed by atoms with van der Waals surface area (Å²) >= 11 is 0. The summed E-state index contributed by atoms with van der Waals surface area (Å²) in [6, 6.07) is 12.0. The molecule has 0 saturated carbocycles. The minimum absolute atomic E-state index is 0.560. The molecule has 112 valence electrons. The summed E-state index contributed by atoms with van der Waals surface area (Å²) in [7, 11) is 1.78. The standard InChI is InChI=1S/C17H28N2O/c1-15-9-10-18-17(13-16-7-4-3-5-8-16)14-19(15)11-6-12-20-2/h3-5,7-8,15,17-18H,6,9-14H2,1-2H3. The van der Waals surface area contributed by atoms with Crippen LogP contribution in [0.5, 0.6) is 0 Å². The fraction of sp³-hybridized carbons (Fsp3) is 0.647. The number of ether oxygens (including phenoxy) is 1. The van der Waals surface area contributed by atoms with Crippen LogP contribution < -0.4 is 5.32 Å². The monoisotopic (exact) mass is 276 g/mol. The first kappa shape index (κ1) is 15.5. The second-order valence-corrected chi connectivity index (χ2v) is 5.82. The Kier molecular flexibility index (Phi) is 6.51. The molecule has 3 nitrogen and oxygen atoms in total. The van der Waals surface area contributed by atoms with Crippen LogP contribution in [0.3, 0.4) is 0 Å². The Labute approximate surface area is 123 Å². The molecule has 20 heavy (non-hydrogen) atoms. The van der Waals surface area contributed by atoms with Gasteiger partial charge in [-0.2, -0.15) is 0 Å². The fourth-order valence-corrected chi connectivity index (χ4v) is 2.97. The van der Waals surface area contributed by atoms with Crippen LogP contribution >= 0.6 is 0 Å². The zero-order chi connectivity index (χ0) is 14.2. The molecule has 0 bridgehead atoms. The quantitative estimate of drug-likeness (QED) is 0.807. The second kappa shape index (κ2) is 8.40. The molecule has 0 radical (unpaired) electrons. The van der Waals surface area contributed by atoms with E-state index in [4.69, 9.17) is 4.74 Å². The molecule has 1 aromatic rings.